The van der Waals surface area contributed by atoms with Crippen LogP contribution in [0.25, 0.3) is 0 Å². The van der Waals surface area contributed by atoms with E-state index in [2.05, 4.69) is 12.2 Å². The van der Waals surface area contributed by atoms with E-state index in [1.165, 1.54) is 12.8 Å². The summed E-state index contributed by atoms with van der Waals surface area (Å²) in [5.74, 6) is 1.38. The van der Waals surface area contributed by atoms with Gasteiger partial charge >= 0.3 is 0 Å². The highest BCUT2D eigenvalue weighted by Gasteiger charge is 2.16. The van der Waals surface area contributed by atoms with Crippen molar-refractivity contribution in [2.45, 2.75) is 53.1 Å². The van der Waals surface area contributed by atoms with Crippen molar-refractivity contribution in [3.63, 3.8) is 0 Å². The lowest BCUT2D eigenvalue weighted by molar-refractivity contribution is -0.122. The Morgan fingerprint density at radius 2 is 1.81 bits per heavy atom. The highest BCUT2D eigenvalue weighted by molar-refractivity contribution is 5.94. The number of rotatable bonds is 9. The van der Waals surface area contributed by atoms with E-state index in [9.17, 15) is 4.79 Å². The number of ether oxygens (including phenoxy) is 2. The van der Waals surface area contributed by atoms with Crippen molar-refractivity contribution in [1.29, 1.82) is 0 Å². The Hall–Kier alpha value is -2.49. The molecule has 0 spiro atoms. The van der Waals surface area contributed by atoms with Crippen LogP contribution in [-0.2, 0) is 4.79 Å². The zero-order valence-corrected chi connectivity index (χ0v) is 16.2. The van der Waals surface area contributed by atoms with Crippen molar-refractivity contribution in [3.05, 3.63) is 53.6 Å². The normalized spacial score (nSPS) is 11.7. The maximum atomic E-state index is 12.4. The lowest BCUT2D eigenvalue weighted by Crippen LogP contribution is -2.30. The number of carbonyl (C=O) groups is 1. The fraction of sp³-hybridized carbons (Fsp3) is 0.409. The zero-order valence-electron chi connectivity index (χ0n) is 16.2. The Bertz CT molecular complexity index is 710. The zero-order chi connectivity index (χ0) is 18.9. The minimum absolute atomic E-state index is 0.178. The summed E-state index contributed by atoms with van der Waals surface area (Å²) in [5.41, 5.74) is 2.85. The van der Waals surface area contributed by atoms with Crippen molar-refractivity contribution in [1.82, 2.24) is 0 Å². The summed E-state index contributed by atoms with van der Waals surface area (Å²) in [5, 5.41) is 2.88. The van der Waals surface area contributed by atoms with Gasteiger partial charge in [0, 0.05) is 5.69 Å². The number of carbonyl (C=O) groups excluding carboxylic acids is 1. The van der Waals surface area contributed by atoms with Crippen molar-refractivity contribution in [2.75, 3.05) is 11.9 Å². The predicted octanol–water partition coefficient (Wildman–Crippen LogP) is 5.28. The first-order chi connectivity index (χ1) is 12.5. The molecule has 0 aliphatic carbocycles. The summed E-state index contributed by atoms with van der Waals surface area (Å²) in [4.78, 5) is 12.4. The van der Waals surface area contributed by atoms with E-state index in [0.717, 1.165) is 41.3 Å². The Kier molecular flexibility index (Phi) is 7.52. The quantitative estimate of drug-likeness (QED) is 0.623. The fourth-order valence-electron chi connectivity index (χ4n) is 2.50. The Morgan fingerprint density at radius 1 is 1.08 bits per heavy atom. The summed E-state index contributed by atoms with van der Waals surface area (Å²) < 4.78 is 11.5. The second-order valence-corrected chi connectivity index (χ2v) is 6.60. The lowest BCUT2D eigenvalue weighted by atomic mass is 10.1. The second-order valence-electron chi connectivity index (χ2n) is 6.60. The summed E-state index contributed by atoms with van der Waals surface area (Å²) in [6.45, 7) is 8.62. The minimum atomic E-state index is -0.583. The molecule has 0 saturated carbocycles. The molecule has 0 aliphatic heterocycles. The number of hydrogen-bond acceptors (Lipinski definition) is 3. The number of benzene rings is 2. The first-order valence-electron chi connectivity index (χ1n) is 9.27. The van der Waals surface area contributed by atoms with Crippen molar-refractivity contribution in [2.24, 2.45) is 0 Å². The highest BCUT2D eigenvalue weighted by Crippen LogP contribution is 2.21. The van der Waals surface area contributed by atoms with Crippen LogP contribution in [0.2, 0.25) is 0 Å². The molecule has 4 heteroatoms. The smallest absolute Gasteiger partial charge is 0.265 e. The average molecular weight is 355 g/mol. The number of anilines is 1. The largest absolute Gasteiger partial charge is 0.494 e. The van der Waals surface area contributed by atoms with E-state index in [0.29, 0.717) is 0 Å². The van der Waals surface area contributed by atoms with Crippen LogP contribution >= 0.6 is 0 Å². The molecule has 0 saturated heterocycles. The van der Waals surface area contributed by atoms with E-state index >= 15 is 0 Å². The van der Waals surface area contributed by atoms with Gasteiger partial charge in [0.25, 0.3) is 5.91 Å². The molecule has 0 radical (unpaired) electrons. The Balaban J connectivity index is 1.87. The van der Waals surface area contributed by atoms with E-state index < -0.39 is 6.10 Å². The third kappa shape index (κ3) is 6.10. The van der Waals surface area contributed by atoms with Gasteiger partial charge in [-0.25, -0.2) is 0 Å². The molecule has 0 aromatic heterocycles. The van der Waals surface area contributed by atoms with Crippen LogP contribution in [-0.4, -0.2) is 18.6 Å². The van der Waals surface area contributed by atoms with Crippen LogP contribution in [0.3, 0.4) is 0 Å². The van der Waals surface area contributed by atoms with Gasteiger partial charge in [-0.15, -0.1) is 0 Å². The molecule has 1 N–H and O–H groups in total. The number of amides is 1. The molecule has 0 aliphatic rings. The average Bonchev–Trinajstić information content (AvgIpc) is 2.63. The van der Waals surface area contributed by atoms with Crippen LogP contribution in [0.15, 0.2) is 42.5 Å². The molecule has 2 rings (SSSR count). The van der Waals surface area contributed by atoms with Crippen LogP contribution in [0.4, 0.5) is 5.69 Å². The molecular formula is C22H29NO3. The summed E-state index contributed by atoms with van der Waals surface area (Å²) in [6.07, 6.45) is 2.83. The SMILES string of the molecule is CCCCCOc1ccc(NC(=O)C(C)Oc2cc(C)ccc2C)cc1. The molecule has 1 unspecified atom stereocenters. The molecule has 1 atom stereocenters. The van der Waals surface area contributed by atoms with Crippen LogP contribution in [0, 0.1) is 13.8 Å². The van der Waals surface area contributed by atoms with Gasteiger partial charge in [0.15, 0.2) is 6.10 Å². The van der Waals surface area contributed by atoms with E-state index in [-0.39, 0.29) is 5.91 Å². The van der Waals surface area contributed by atoms with Gasteiger partial charge in [0.1, 0.15) is 11.5 Å². The van der Waals surface area contributed by atoms with Gasteiger partial charge in [-0.1, -0.05) is 31.9 Å². The summed E-state index contributed by atoms with van der Waals surface area (Å²) in [6, 6.07) is 13.4. The van der Waals surface area contributed by atoms with E-state index in [1.54, 1.807) is 6.92 Å². The standard InChI is InChI=1S/C22H29NO3/c1-5-6-7-14-25-20-12-10-19(11-13-20)23-22(24)18(4)26-21-15-16(2)8-9-17(21)3/h8-13,15,18H,5-7,14H2,1-4H3,(H,23,24). The molecule has 0 bridgehead atoms. The van der Waals surface area contributed by atoms with Crippen molar-refractivity contribution in [3.8, 4) is 11.5 Å². The van der Waals surface area contributed by atoms with Crippen LogP contribution in [0.5, 0.6) is 11.5 Å². The van der Waals surface area contributed by atoms with E-state index in [1.807, 2.05) is 56.3 Å². The first-order valence-corrected chi connectivity index (χ1v) is 9.27. The third-order valence-corrected chi connectivity index (χ3v) is 4.16. The summed E-state index contributed by atoms with van der Waals surface area (Å²) >= 11 is 0. The van der Waals surface area contributed by atoms with Crippen molar-refractivity contribution >= 4 is 11.6 Å². The maximum Gasteiger partial charge on any atom is 0.265 e. The van der Waals surface area contributed by atoms with Gasteiger partial charge in [0.05, 0.1) is 6.61 Å². The number of hydrogen-bond donors (Lipinski definition) is 1. The Morgan fingerprint density at radius 3 is 2.50 bits per heavy atom. The van der Waals surface area contributed by atoms with Crippen LogP contribution in [0.1, 0.15) is 44.2 Å². The molecule has 140 valence electrons. The van der Waals surface area contributed by atoms with Gasteiger partial charge in [-0.2, -0.15) is 0 Å². The van der Waals surface area contributed by atoms with Crippen molar-refractivity contribution < 1.29 is 14.3 Å². The molecule has 0 heterocycles. The molecule has 1 amide bonds. The van der Waals surface area contributed by atoms with Gasteiger partial charge in [0.2, 0.25) is 0 Å². The maximum absolute atomic E-state index is 12.4. The third-order valence-electron chi connectivity index (χ3n) is 4.16. The topological polar surface area (TPSA) is 47.6 Å². The molecule has 2 aromatic carbocycles. The molecule has 0 fully saturated rings. The molecular weight excluding hydrogens is 326 g/mol. The lowest BCUT2D eigenvalue weighted by Gasteiger charge is -2.17. The molecule has 26 heavy (non-hydrogen) atoms. The van der Waals surface area contributed by atoms with Gasteiger partial charge in [-0.3, -0.25) is 4.79 Å². The first kappa shape index (κ1) is 19.8. The van der Waals surface area contributed by atoms with Crippen LogP contribution < -0.4 is 14.8 Å². The van der Waals surface area contributed by atoms with E-state index in [4.69, 9.17) is 9.47 Å². The number of aryl methyl sites for hydroxylation is 2. The number of unbranched alkanes of at least 4 members (excludes halogenated alkanes) is 2. The van der Waals surface area contributed by atoms with Gasteiger partial charge < -0.3 is 14.8 Å². The monoisotopic (exact) mass is 355 g/mol. The second kappa shape index (κ2) is 9.85. The molecule has 4 nitrogen and oxygen atoms in total. The highest BCUT2D eigenvalue weighted by atomic mass is 16.5. The molecule has 2 aromatic rings. The summed E-state index contributed by atoms with van der Waals surface area (Å²) in [7, 11) is 0. The minimum Gasteiger partial charge on any atom is -0.494 e. The van der Waals surface area contributed by atoms with Gasteiger partial charge in [-0.05, 0) is 68.7 Å². The Labute approximate surface area is 156 Å². The fourth-order valence-corrected chi connectivity index (χ4v) is 2.50. The number of nitrogens with one attached hydrogen (secondary N) is 1. The predicted molar refractivity (Wildman–Crippen MR) is 106 cm³/mol.